The Morgan fingerprint density at radius 2 is 1.68 bits per heavy atom. The van der Waals surface area contributed by atoms with Crippen LogP contribution in [0.15, 0.2) is 39.5 Å². The number of hydrogen-bond donors (Lipinski definition) is 7. The number of phenolic OH excluding ortho intramolecular Hbond substituents is 3. The van der Waals surface area contributed by atoms with Gasteiger partial charge in [-0.25, -0.2) is 0 Å². The highest BCUT2D eigenvalue weighted by molar-refractivity contribution is 5.88. The molecule has 0 bridgehead atoms. The zero-order chi connectivity index (χ0) is 24.7. The number of phenols is 3. The van der Waals surface area contributed by atoms with Gasteiger partial charge in [-0.15, -0.1) is 0 Å². The quantitative estimate of drug-likeness (QED) is 0.238. The third-order valence-electron chi connectivity index (χ3n) is 5.46. The molecule has 0 aliphatic carbocycles. The molecule has 0 saturated carbocycles. The van der Waals surface area contributed by atoms with E-state index in [0.717, 1.165) is 12.1 Å². The summed E-state index contributed by atoms with van der Waals surface area (Å²) in [6.07, 6.45) is -8.31. The normalized spacial score (nSPS) is 24.8. The van der Waals surface area contributed by atoms with E-state index in [-0.39, 0.29) is 28.0 Å². The molecule has 2 heterocycles. The van der Waals surface area contributed by atoms with Crippen LogP contribution in [0.5, 0.6) is 28.7 Å². The summed E-state index contributed by atoms with van der Waals surface area (Å²) in [5, 5.41) is 69.5. The minimum absolute atomic E-state index is 0.0659. The molecule has 0 radical (unpaired) electrons. The molecule has 7 N–H and O–H groups in total. The van der Waals surface area contributed by atoms with Crippen molar-refractivity contribution in [2.45, 2.75) is 30.7 Å². The lowest BCUT2D eigenvalue weighted by molar-refractivity contribution is -0.277. The van der Waals surface area contributed by atoms with E-state index in [2.05, 4.69) is 0 Å². The first kappa shape index (κ1) is 23.6. The van der Waals surface area contributed by atoms with Crippen LogP contribution in [-0.2, 0) is 4.74 Å². The molecule has 4 rings (SSSR count). The van der Waals surface area contributed by atoms with Crippen LogP contribution in [0.4, 0.5) is 0 Å². The summed E-state index contributed by atoms with van der Waals surface area (Å²) in [4.78, 5) is 13.4. The van der Waals surface area contributed by atoms with Crippen LogP contribution in [0.1, 0.15) is 0 Å². The van der Waals surface area contributed by atoms with Gasteiger partial charge in [0.2, 0.25) is 17.5 Å². The fourth-order valence-electron chi connectivity index (χ4n) is 3.62. The van der Waals surface area contributed by atoms with Crippen LogP contribution < -0.4 is 14.9 Å². The lowest BCUT2D eigenvalue weighted by Gasteiger charge is -2.39. The lowest BCUT2D eigenvalue weighted by atomic mass is 9.99. The topological polar surface area (TPSA) is 200 Å². The van der Waals surface area contributed by atoms with E-state index in [4.69, 9.17) is 18.6 Å². The Balaban J connectivity index is 1.92. The van der Waals surface area contributed by atoms with Gasteiger partial charge < -0.3 is 54.4 Å². The molecule has 0 amide bonds. The molecule has 5 atom stereocenters. The van der Waals surface area contributed by atoms with Crippen molar-refractivity contribution in [2.75, 3.05) is 13.7 Å². The van der Waals surface area contributed by atoms with Crippen molar-refractivity contribution < 1.29 is 54.4 Å². The van der Waals surface area contributed by atoms with Crippen LogP contribution in [0.25, 0.3) is 22.3 Å². The van der Waals surface area contributed by atoms with Gasteiger partial charge in [0.1, 0.15) is 46.9 Å². The van der Waals surface area contributed by atoms with Crippen LogP contribution >= 0.6 is 0 Å². The molecule has 34 heavy (non-hydrogen) atoms. The summed E-state index contributed by atoms with van der Waals surface area (Å²) < 4.78 is 21.8. The number of aliphatic hydroxyl groups is 4. The Morgan fingerprint density at radius 1 is 0.941 bits per heavy atom. The number of aliphatic hydroxyl groups excluding tert-OH is 4. The molecule has 182 valence electrons. The molecule has 0 spiro atoms. The largest absolute Gasteiger partial charge is 0.507 e. The molecule has 1 aliphatic rings. The molecule has 1 fully saturated rings. The van der Waals surface area contributed by atoms with Crippen molar-refractivity contribution in [3.05, 3.63) is 40.6 Å². The summed E-state index contributed by atoms with van der Waals surface area (Å²) in [6.45, 7) is -0.726. The molecule has 3 aromatic rings. The summed E-state index contributed by atoms with van der Waals surface area (Å²) in [5.41, 5.74) is -0.942. The van der Waals surface area contributed by atoms with Gasteiger partial charge in [-0.2, -0.15) is 0 Å². The number of methoxy groups -OCH3 is 1. The van der Waals surface area contributed by atoms with Crippen LogP contribution in [0.3, 0.4) is 0 Å². The SMILES string of the molecule is COc1cc(O)c2c(=O)c(O[C@H]3OC(CO)[C@H](O)C(O)C3O)c(-c3ccc(O)c(O)c3)oc2c1. The molecule has 12 heteroatoms. The molecule has 1 aromatic heterocycles. The molecule has 1 aliphatic heterocycles. The Hall–Kier alpha value is -3.55. The van der Waals surface area contributed by atoms with E-state index in [0.29, 0.717) is 0 Å². The monoisotopic (exact) mass is 478 g/mol. The first-order valence-corrected chi connectivity index (χ1v) is 10.0. The van der Waals surface area contributed by atoms with E-state index in [1.54, 1.807) is 0 Å². The van der Waals surface area contributed by atoms with Gasteiger partial charge in [0, 0.05) is 17.7 Å². The minimum atomic E-state index is -1.83. The Bertz CT molecular complexity index is 1270. The Labute approximate surface area is 191 Å². The van der Waals surface area contributed by atoms with E-state index in [9.17, 15) is 40.5 Å². The van der Waals surface area contributed by atoms with Gasteiger partial charge in [-0.1, -0.05) is 0 Å². The van der Waals surface area contributed by atoms with Crippen molar-refractivity contribution >= 4 is 11.0 Å². The van der Waals surface area contributed by atoms with Crippen molar-refractivity contribution in [3.63, 3.8) is 0 Å². The van der Waals surface area contributed by atoms with Gasteiger partial charge >= 0.3 is 0 Å². The van der Waals surface area contributed by atoms with Gasteiger partial charge in [0.25, 0.3) is 0 Å². The molecular weight excluding hydrogens is 456 g/mol. The molecule has 3 unspecified atom stereocenters. The van der Waals surface area contributed by atoms with Crippen LogP contribution in [0, 0.1) is 0 Å². The zero-order valence-electron chi connectivity index (χ0n) is 17.7. The lowest BCUT2D eigenvalue weighted by Crippen LogP contribution is -2.60. The average Bonchev–Trinajstić information content (AvgIpc) is 2.82. The number of ether oxygens (including phenoxy) is 3. The number of hydrogen-bond acceptors (Lipinski definition) is 12. The van der Waals surface area contributed by atoms with Gasteiger partial charge in [-0.3, -0.25) is 4.79 Å². The fourth-order valence-corrected chi connectivity index (χ4v) is 3.62. The predicted octanol–water partition coefficient (Wildman–Crippen LogP) is -0.236. The second-order valence-corrected chi connectivity index (χ2v) is 7.63. The summed E-state index contributed by atoms with van der Waals surface area (Å²) in [7, 11) is 1.34. The van der Waals surface area contributed by atoms with E-state index < -0.39 is 65.7 Å². The molecule has 12 nitrogen and oxygen atoms in total. The third-order valence-corrected chi connectivity index (χ3v) is 5.46. The number of rotatable bonds is 5. The van der Waals surface area contributed by atoms with Crippen LogP contribution in [0.2, 0.25) is 0 Å². The van der Waals surface area contributed by atoms with Gasteiger partial charge in [0.15, 0.2) is 17.3 Å². The van der Waals surface area contributed by atoms with E-state index >= 15 is 0 Å². The van der Waals surface area contributed by atoms with Crippen molar-refractivity contribution in [1.29, 1.82) is 0 Å². The average molecular weight is 478 g/mol. The number of aromatic hydroxyl groups is 3. The highest BCUT2D eigenvalue weighted by atomic mass is 16.7. The number of benzene rings is 2. The summed E-state index contributed by atoms with van der Waals surface area (Å²) in [6, 6.07) is 6.02. The van der Waals surface area contributed by atoms with Crippen molar-refractivity contribution in [3.8, 4) is 40.1 Å². The van der Waals surface area contributed by atoms with E-state index in [1.165, 1.54) is 25.3 Å². The molecular formula is C22H22O12. The highest BCUT2D eigenvalue weighted by Crippen LogP contribution is 2.39. The maximum atomic E-state index is 13.4. The fraction of sp³-hybridized carbons (Fsp3) is 0.318. The first-order valence-electron chi connectivity index (χ1n) is 10.0. The predicted molar refractivity (Wildman–Crippen MR) is 114 cm³/mol. The van der Waals surface area contributed by atoms with Crippen molar-refractivity contribution in [2.24, 2.45) is 0 Å². The highest BCUT2D eigenvalue weighted by Gasteiger charge is 2.45. The zero-order valence-corrected chi connectivity index (χ0v) is 17.7. The smallest absolute Gasteiger partial charge is 0.239 e. The minimum Gasteiger partial charge on any atom is -0.507 e. The molecule has 2 aromatic carbocycles. The van der Waals surface area contributed by atoms with Gasteiger partial charge in [-0.05, 0) is 18.2 Å². The Kier molecular flexibility index (Phi) is 6.25. The maximum Gasteiger partial charge on any atom is 0.239 e. The standard InChI is InChI=1S/C22H22O12/c1-31-9-5-12(26)15-13(6-9)32-20(8-2-3-10(24)11(25)4-8)21(17(15)28)34-22-19(30)18(29)16(27)14(7-23)33-22/h2-6,14,16,18-19,22-27,29-30H,7H2,1H3/t14?,16-,18?,19?,22+/m0/s1. The second kappa shape index (κ2) is 9.00. The third kappa shape index (κ3) is 3.97. The van der Waals surface area contributed by atoms with Crippen molar-refractivity contribution in [1.82, 2.24) is 0 Å². The Morgan fingerprint density at radius 3 is 2.32 bits per heavy atom. The second-order valence-electron chi connectivity index (χ2n) is 7.63. The first-order chi connectivity index (χ1) is 16.2. The number of fused-ring (bicyclic) bond motifs is 1. The van der Waals surface area contributed by atoms with Gasteiger partial charge in [0.05, 0.1) is 13.7 Å². The summed E-state index contributed by atoms with van der Waals surface area (Å²) >= 11 is 0. The van der Waals surface area contributed by atoms with E-state index in [1.807, 2.05) is 0 Å². The summed E-state index contributed by atoms with van der Waals surface area (Å²) in [5.74, 6) is -2.16. The van der Waals surface area contributed by atoms with Crippen LogP contribution in [-0.4, -0.2) is 80.2 Å². The maximum absolute atomic E-state index is 13.4. The molecule has 1 saturated heterocycles.